The highest BCUT2D eigenvalue weighted by Crippen LogP contribution is 2.17. The summed E-state index contributed by atoms with van der Waals surface area (Å²) in [6.07, 6.45) is 0. The number of nitrogens with one attached hydrogen (secondary N) is 1. The lowest BCUT2D eigenvalue weighted by Crippen LogP contribution is -2.77. The van der Waals surface area contributed by atoms with Crippen molar-refractivity contribution in [3.63, 3.8) is 0 Å². The molecule has 0 aromatic heterocycles. The minimum absolute atomic E-state index is 0.00685. The van der Waals surface area contributed by atoms with Gasteiger partial charge in [-0.2, -0.15) is 0 Å². The third-order valence-corrected chi connectivity index (χ3v) is 2.69. The van der Waals surface area contributed by atoms with E-state index in [1.54, 1.807) is 19.3 Å². The molecule has 0 fully saturated rings. The van der Waals surface area contributed by atoms with Crippen LogP contribution in [0.4, 0.5) is 8.78 Å². The molecule has 0 heterocycles. The normalized spacial score (nSPS) is 12.3. The third kappa shape index (κ3) is 2.65. The first-order valence-corrected chi connectivity index (χ1v) is 5.05. The maximum atomic E-state index is 13.4. The highest BCUT2D eigenvalue weighted by Gasteiger charge is 2.15. The number of quaternary nitrogens is 1. The fourth-order valence-corrected chi connectivity index (χ4v) is 1.35. The van der Waals surface area contributed by atoms with Crippen molar-refractivity contribution in [3.8, 4) is 0 Å². The van der Waals surface area contributed by atoms with Gasteiger partial charge in [0.25, 0.3) is 0 Å². The van der Waals surface area contributed by atoms with Gasteiger partial charge in [0.1, 0.15) is 22.4 Å². The monoisotopic (exact) mass is 245 g/mol. The first-order valence-electron chi connectivity index (χ1n) is 4.67. The van der Waals surface area contributed by atoms with E-state index in [0.717, 1.165) is 12.1 Å². The molecule has 2 nitrogen and oxygen atoms in total. The van der Waals surface area contributed by atoms with Gasteiger partial charge in [0.15, 0.2) is 0 Å². The molecule has 1 rings (SSSR count). The van der Waals surface area contributed by atoms with Crippen molar-refractivity contribution in [1.29, 1.82) is 5.41 Å². The van der Waals surface area contributed by atoms with Gasteiger partial charge < -0.3 is 5.32 Å². The SMILES string of the molecule is C[NH2+]C(C)=C(Cl)C(=N)c1ccc(F)cc1F. The number of rotatable bonds is 3. The maximum Gasteiger partial charge on any atom is 0.135 e. The van der Waals surface area contributed by atoms with Crippen molar-refractivity contribution in [1.82, 2.24) is 0 Å². The Morgan fingerprint density at radius 1 is 1.38 bits per heavy atom. The molecular formula is C11H12ClF2N2+. The first kappa shape index (κ1) is 12.8. The first-order chi connectivity index (χ1) is 7.47. The van der Waals surface area contributed by atoms with Crippen LogP contribution in [0.3, 0.4) is 0 Å². The second-order valence-corrected chi connectivity index (χ2v) is 3.66. The average Bonchev–Trinajstić information content (AvgIpc) is 2.26. The topological polar surface area (TPSA) is 40.5 Å². The summed E-state index contributed by atoms with van der Waals surface area (Å²) in [5, 5.41) is 9.59. The van der Waals surface area contributed by atoms with E-state index in [9.17, 15) is 8.78 Å². The van der Waals surface area contributed by atoms with Crippen LogP contribution in [0.5, 0.6) is 0 Å². The zero-order valence-corrected chi connectivity index (χ0v) is 9.70. The molecule has 0 radical (unpaired) electrons. The van der Waals surface area contributed by atoms with Gasteiger partial charge in [0.05, 0.1) is 12.8 Å². The highest BCUT2D eigenvalue weighted by atomic mass is 35.5. The summed E-state index contributed by atoms with van der Waals surface area (Å²) in [6, 6.07) is 3.04. The van der Waals surface area contributed by atoms with Gasteiger partial charge in [0, 0.05) is 18.6 Å². The van der Waals surface area contributed by atoms with E-state index in [0.29, 0.717) is 5.70 Å². The van der Waals surface area contributed by atoms with Crippen LogP contribution in [0.25, 0.3) is 0 Å². The van der Waals surface area contributed by atoms with Crippen LogP contribution in [0.2, 0.25) is 0 Å². The zero-order valence-electron chi connectivity index (χ0n) is 8.94. The quantitative estimate of drug-likeness (QED) is 0.765. The molecule has 0 spiro atoms. The molecule has 0 aliphatic heterocycles. The summed E-state index contributed by atoms with van der Waals surface area (Å²) in [4.78, 5) is 0. The van der Waals surface area contributed by atoms with Gasteiger partial charge in [0.2, 0.25) is 0 Å². The van der Waals surface area contributed by atoms with E-state index >= 15 is 0 Å². The van der Waals surface area contributed by atoms with E-state index in [-0.39, 0.29) is 16.3 Å². The van der Waals surface area contributed by atoms with Gasteiger partial charge in [-0.3, -0.25) is 5.41 Å². The summed E-state index contributed by atoms with van der Waals surface area (Å²) in [5.74, 6) is -1.46. The molecule has 1 aromatic carbocycles. The molecule has 0 aliphatic rings. The van der Waals surface area contributed by atoms with Gasteiger partial charge >= 0.3 is 0 Å². The summed E-state index contributed by atoms with van der Waals surface area (Å²) >= 11 is 5.89. The number of hydrogen-bond donors (Lipinski definition) is 2. The van der Waals surface area contributed by atoms with Crippen LogP contribution in [0, 0.1) is 17.0 Å². The van der Waals surface area contributed by atoms with Gasteiger partial charge in [-0.15, -0.1) is 0 Å². The smallest absolute Gasteiger partial charge is 0.135 e. The van der Waals surface area contributed by atoms with E-state index in [1.807, 2.05) is 0 Å². The lowest BCUT2D eigenvalue weighted by atomic mass is 10.1. The maximum absolute atomic E-state index is 13.4. The standard InChI is InChI=1S/C11H11ClF2N2/c1-6(16-2)10(12)11(15)8-4-3-7(13)5-9(8)14/h3-5,15-16H,1-2H3/p+1. The van der Waals surface area contributed by atoms with Gasteiger partial charge in [-0.25, -0.2) is 8.78 Å². The fourth-order valence-electron chi connectivity index (χ4n) is 1.13. The summed E-state index contributed by atoms with van der Waals surface area (Å²) in [6.45, 7) is 1.72. The van der Waals surface area contributed by atoms with Crippen LogP contribution in [-0.4, -0.2) is 12.8 Å². The molecule has 0 amide bonds. The van der Waals surface area contributed by atoms with Crippen molar-refractivity contribution < 1.29 is 14.1 Å². The second-order valence-electron chi connectivity index (χ2n) is 3.28. The highest BCUT2D eigenvalue weighted by molar-refractivity contribution is 6.45. The molecule has 0 unspecified atom stereocenters. The molecule has 0 saturated carbocycles. The Labute approximate surface area is 97.4 Å². The molecule has 5 heteroatoms. The summed E-state index contributed by atoms with van der Waals surface area (Å²) in [7, 11) is 1.77. The van der Waals surface area contributed by atoms with Crippen LogP contribution in [0.15, 0.2) is 28.9 Å². The van der Waals surface area contributed by atoms with E-state index < -0.39 is 11.6 Å². The third-order valence-electron chi connectivity index (χ3n) is 2.20. The Balaban J connectivity index is 3.16. The summed E-state index contributed by atoms with van der Waals surface area (Å²) < 4.78 is 26.0. The molecule has 0 bridgehead atoms. The Bertz CT molecular complexity index is 455. The molecule has 0 atom stereocenters. The lowest BCUT2D eigenvalue weighted by Gasteiger charge is -2.05. The Kier molecular flexibility index (Phi) is 4.15. The molecule has 3 N–H and O–H groups in total. The van der Waals surface area contributed by atoms with Crippen LogP contribution in [-0.2, 0) is 0 Å². The van der Waals surface area contributed by atoms with E-state index in [1.165, 1.54) is 6.07 Å². The minimum Gasteiger partial charge on any atom is -0.319 e. The Morgan fingerprint density at radius 3 is 2.50 bits per heavy atom. The molecule has 0 saturated heterocycles. The number of benzene rings is 1. The van der Waals surface area contributed by atoms with Crippen molar-refractivity contribution in [2.45, 2.75) is 6.92 Å². The van der Waals surface area contributed by atoms with Crippen molar-refractivity contribution in [3.05, 3.63) is 46.1 Å². The van der Waals surface area contributed by atoms with Gasteiger partial charge in [-0.1, -0.05) is 11.6 Å². The predicted octanol–water partition coefficient (Wildman–Crippen LogP) is 2.00. The molecular weight excluding hydrogens is 234 g/mol. The number of allylic oxidation sites excluding steroid dienone is 2. The molecule has 86 valence electrons. The van der Waals surface area contributed by atoms with Crippen LogP contribution < -0.4 is 5.32 Å². The number of nitrogens with two attached hydrogens (primary N) is 1. The number of hydrogen-bond acceptors (Lipinski definition) is 1. The predicted molar refractivity (Wildman–Crippen MR) is 59.6 cm³/mol. The largest absolute Gasteiger partial charge is 0.319 e. The van der Waals surface area contributed by atoms with Crippen LogP contribution >= 0.6 is 11.6 Å². The lowest BCUT2D eigenvalue weighted by molar-refractivity contribution is -0.576. The Morgan fingerprint density at radius 2 is 2.00 bits per heavy atom. The van der Waals surface area contributed by atoms with Crippen LogP contribution in [0.1, 0.15) is 12.5 Å². The van der Waals surface area contributed by atoms with Crippen molar-refractivity contribution in [2.24, 2.45) is 0 Å². The van der Waals surface area contributed by atoms with E-state index in [2.05, 4.69) is 0 Å². The van der Waals surface area contributed by atoms with Crippen molar-refractivity contribution in [2.75, 3.05) is 7.05 Å². The minimum atomic E-state index is -0.785. The second kappa shape index (κ2) is 5.18. The fraction of sp³-hybridized carbons (Fsp3) is 0.182. The summed E-state index contributed by atoms with van der Waals surface area (Å²) in [5.41, 5.74) is 0.526. The molecule has 1 aromatic rings. The average molecular weight is 246 g/mol. The molecule has 0 aliphatic carbocycles. The van der Waals surface area contributed by atoms with E-state index in [4.69, 9.17) is 17.0 Å². The number of halogens is 3. The zero-order chi connectivity index (χ0) is 12.3. The van der Waals surface area contributed by atoms with Crippen molar-refractivity contribution >= 4 is 17.3 Å². The Hall–Kier alpha value is -1.26. The molecule has 16 heavy (non-hydrogen) atoms. The van der Waals surface area contributed by atoms with Gasteiger partial charge in [-0.05, 0) is 12.1 Å².